The minimum atomic E-state index is -0.447. The van der Waals surface area contributed by atoms with E-state index in [9.17, 15) is 4.79 Å². The summed E-state index contributed by atoms with van der Waals surface area (Å²) in [5, 5.41) is 7.88. The third-order valence-corrected chi connectivity index (χ3v) is 4.73. The van der Waals surface area contributed by atoms with Crippen LogP contribution < -0.4 is 10.2 Å². The first-order valence-electron chi connectivity index (χ1n) is 8.91. The molecule has 3 aromatic rings. The van der Waals surface area contributed by atoms with Crippen molar-refractivity contribution in [2.75, 3.05) is 16.8 Å². The molecule has 146 valence electrons. The Kier molecular flexibility index (Phi) is 4.71. The van der Waals surface area contributed by atoms with Gasteiger partial charge in [0.1, 0.15) is 17.6 Å². The van der Waals surface area contributed by atoms with Crippen LogP contribution in [0.4, 0.5) is 16.7 Å². The van der Waals surface area contributed by atoms with Crippen molar-refractivity contribution in [2.45, 2.75) is 39.3 Å². The molecule has 0 aromatic carbocycles. The first-order chi connectivity index (χ1) is 13.5. The number of cyclic esters (lactones) is 1. The maximum atomic E-state index is 12.1. The van der Waals surface area contributed by atoms with Gasteiger partial charge in [-0.3, -0.25) is 0 Å². The molecular formula is C17H19ClN8O2. The fraction of sp³-hybridized carbons (Fsp3) is 0.412. The van der Waals surface area contributed by atoms with E-state index in [1.54, 1.807) is 29.8 Å². The van der Waals surface area contributed by atoms with Crippen molar-refractivity contribution in [1.82, 2.24) is 29.5 Å². The molecule has 3 aromatic heterocycles. The number of ether oxygens (including phenoxy) is 1. The number of hydrogen-bond acceptors (Lipinski definition) is 8. The van der Waals surface area contributed by atoms with Gasteiger partial charge in [0.2, 0.25) is 11.9 Å². The van der Waals surface area contributed by atoms with E-state index >= 15 is 0 Å². The van der Waals surface area contributed by atoms with Crippen LogP contribution in [0.5, 0.6) is 0 Å². The highest BCUT2D eigenvalue weighted by Gasteiger charge is 2.35. The average Bonchev–Trinajstić information content (AvgIpc) is 3.23. The molecule has 1 aliphatic heterocycles. The molecule has 2 atom stereocenters. The van der Waals surface area contributed by atoms with E-state index in [2.05, 4.69) is 30.4 Å². The number of amides is 1. The highest BCUT2D eigenvalue weighted by molar-refractivity contribution is 6.29. The fourth-order valence-electron chi connectivity index (χ4n) is 3.08. The van der Waals surface area contributed by atoms with Crippen molar-refractivity contribution in [3.63, 3.8) is 0 Å². The number of rotatable bonds is 5. The van der Waals surface area contributed by atoms with Crippen molar-refractivity contribution in [1.29, 1.82) is 0 Å². The minimum Gasteiger partial charge on any atom is -0.447 e. The number of hydrogen-bond donors (Lipinski definition) is 1. The quantitative estimate of drug-likeness (QED) is 0.693. The van der Waals surface area contributed by atoms with Crippen LogP contribution in [0.1, 0.15) is 37.8 Å². The number of carbonyl (C=O) groups is 1. The molecule has 11 heteroatoms. The van der Waals surface area contributed by atoms with E-state index < -0.39 is 6.09 Å². The van der Waals surface area contributed by atoms with Crippen LogP contribution in [0.25, 0.3) is 5.65 Å². The van der Waals surface area contributed by atoms with Crippen LogP contribution in [-0.4, -0.2) is 48.3 Å². The second kappa shape index (κ2) is 7.19. The lowest BCUT2D eigenvalue weighted by Gasteiger charge is -2.19. The van der Waals surface area contributed by atoms with E-state index in [0.29, 0.717) is 29.2 Å². The summed E-state index contributed by atoms with van der Waals surface area (Å²) in [6.07, 6.45) is 2.01. The van der Waals surface area contributed by atoms with Crippen LogP contribution in [-0.2, 0) is 4.74 Å². The molecular weight excluding hydrogens is 384 g/mol. The van der Waals surface area contributed by atoms with E-state index in [1.165, 1.54) is 4.90 Å². The van der Waals surface area contributed by atoms with Crippen LogP contribution in [0.15, 0.2) is 18.3 Å². The number of fused-ring (bicyclic) bond motifs is 1. The second-order valence-corrected chi connectivity index (χ2v) is 6.88. The molecule has 28 heavy (non-hydrogen) atoms. The Morgan fingerprint density at radius 1 is 1.36 bits per heavy atom. The summed E-state index contributed by atoms with van der Waals surface area (Å²) in [4.78, 5) is 31.0. The Morgan fingerprint density at radius 2 is 2.18 bits per heavy atom. The number of carbonyl (C=O) groups excluding carboxylic acids is 1. The van der Waals surface area contributed by atoms with Gasteiger partial charge in [-0.15, -0.1) is 0 Å². The number of aromatic nitrogens is 6. The molecule has 1 fully saturated rings. The van der Waals surface area contributed by atoms with Gasteiger partial charge in [-0.2, -0.15) is 20.1 Å². The highest BCUT2D eigenvalue weighted by atomic mass is 35.5. The number of halogens is 1. The van der Waals surface area contributed by atoms with Gasteiger partial charge in [0.15, 0.2) is 5.65 Å². The minimum absolute atomic E-state index is 0.0929. The van der Waals surface area contributed by atoms with Gasteiger partial charge < -0.3 is 10.1 Å². The largest absolute Gasteiger partial charge is 0.447 e. The zero-order valence-corrected chi connectivity index (χ0v) is 16.4. The highest BCUT2D eigenvalue weighted by Crippen LogP contribution is 2.24. The van der Waals surface area contributed by atoms with E-state index in [1.807, 2.05) is 13.8 Å². The molecule has 1 N–H and O–H groups in total. The monoisotopic (exact) mass is 402 g/mol. The van der Waals surface area contributed by atoms with Gasteiger partial charge in [-0.05, 0) is 32.4 Å². The van der Waals surface area contributed by atoms with Gasteiger partial charge in [-0.1, -0.05) is 18.5 Å². The van der Waals surface area contributed by atoms with Crippen molar-refractivity contribution in [2.24, 2.45) is 0 Å². The SMILES string of the molecule is CC[C@H]1COC(=O)N1c1nc(C)nc(N[C@H](C)c2cnc3ccc(Cl)nn23)n1. The van der Waals surface area contributed by atoms with Crippen molar-refractivity contribution in [3.05, 3.63) is 35.0 Å². The lowest BCUT2D eigenvalue weighted by Crippen LogP contribution is -2.34. The summed E-state index contributed by atoms with van der Waals surface area (Å²) >= 11 is 6.01. The molecule has 0 radical (unpaired) electrons. The van der Waals surface area contributed by atoms with E-state index in [-0.39, 0.29) is 18.0 Å². The Hall–Kier alpha value is -3.01. The molecule has 1 saturated heterocycles. The Morgan fingerprint density at radius 3 is 2.96 bits per heavy atom. The fourth-order valence-corrected chi connectivity index (χ4v) is 3.22. The predicted octanol–water partition coefficient (Wildman–Crippen LogP) is 2.78. The molecule has 0 aliphatic carbocycles. The summed E-state index contributed by atoms with van der Waals surface area (Å²) in [6, 6.07) is 3.17. The third kappa shape index (κ3) is 3.31. The van der Waals surface area contributed by atoms with Gasteiger partial charge in [0.05, 0.1) is 24.0 Å². The molecule has 0 saturated carbocycles. The summed E-state index contributed by atoms with van der Waals surface area (Å²) in [6.45, 7) is 5.99. The summed E-state index contributed by atoms with van der Waals surface area (Å²) in [7, 11) is 0. The summed E-state index contributed by atoms with van der Waals surface area (Å²) in [5.41, 5.74) is 1.48. The average molecular weight is 403 g/mol. The number of nitrogens with one attached hydrogen (secondary N) is 1. The van der Waals surface area contributed by atoms with Crippen molar-refractivity contribution >= 4 is 35.2 Å². The number of anilines is 2. The molecule has 0 bridgehead atoms. The zero-order valence-electron chi connectivity index (χ0n) is 15.6. The van der Waals surface area contributed by atoms with Crippen molar-refractivity contribution < 1.29 is 9.53 Å². The number of imidazole rings is 1. The first-order valence-corrected chi connectivity index (χ1v) is 9.29. The van der Waals surface area contributed by atoms with Gasteiger partial charge in [-0.25, -0.2) is 19.2 Å². The van der Waals surface area contributed by atoms with E-state index in [0.717, 1.165) is 12.1 Å². The van der Waals surface area contributed by atoms with Crippen LogP contribution in [0.2, 0.25) is 5.15 Å². The Labute approximate surface area is 165 Å². The molecule has 0 spiro atoms. The van der Waals surface area contributed by atoms with Crippen LogP contribution >= 0.6 is 11.6 Å². The molecule has 10 nitrogen and oxygen atoms in total. The summed E-state index contributed by atoms with van der Waals surface area (Å²) < 4.78 is 6.80. The van der Waals surface area contributed by atoms with Crippen molar-refractivity contribution in [3.8, 4) is 0 Å². The molecule has 1 aliphatic rings. The number of aryl methyl sites for hydroxylation is 1. The Bertz CT molecular complexity index is 1040. The Balaban J connectivity index is 1.63. The normalized spacial score (nSPS) is 17.8. The molecule has 1 amide bonds. The first kappa shape index (κ1) is 18.4. The topological polar surface area (TPSA) is 110 Å². The standard InChI is InChI=1S/C17H19ClN8O2/c1-4-11-8-28-17(27)25(11)16-22-10(3)21-15(23-16)20-9(2)12-7-19-14-6-5-13(18)24-26(12)14/h5-7,9,11H,4,8H2,1-3H3,(H,20,21,22,23)/t9-,11+/m1/s1. The lowest BCUT2D eigenvalue weighted by atomic mass is 10.2. The molecule has 4 heterocycles. The van der Waals surface area contributed by atoms with Crippen LogP contribution in [0.3, 0.4) is 0 Å². The summed E-state index contributed by atoms with van der Waals surface area (Å²) in [5.74, 6) is 1.12. The maximum absolute atomic E-state index is 12.1. The predicted molar refractivity (Wildman–Crippen MR) is 103 cm³/mol. The second-order valence-electron chi connectivity index (χ2n) is 6.49. The third-order valence-electron chi connectivity index (χ3n) is 4.53. The van der Waals surface area contributed by atoms with Gasteiger partial charge in [0, 0.05) is 0 Å². The number of nitrogens with zero attached hydrogens (tertiary/aromatic N) is 7. The van der Waals surface area contributed by atoms with E-state index in [4.69, 9.17) is 16.3 Å². The molecule has 0 unspecified atom stereocenters. The molecule has 4 rings (SSSR count). The van der Waals surface area contributed by atoms with Gasteiger partial charge in [0.25, 0.3) is 0 Å². The smallest absolute Gasteiger partial charge is 0.417 e. The van der Waals surface area contributed by atoms with Gasteiger partial charge >= 0.3 is 6.09 Å². The lowest BCUT2D eigenvalue weighted by molar-refractivity contribution is 0.178. The van der Waals surface area contributed by atoms with Crippen LogP contribution in [0, 0.1) is 6.92 Å². The zero-order chi connectivity index (χ0) is 19.8. The maximum Gasteiger partial charge on any atom is 0.417 e.